The Balaban J connectivity index is 1.67. The molecule has 1 aliphatic heterocycles. The predicted molar refractivity (Wildman–Crippen MR) is 109 cm³/mol. The Kier molecular flexibility index (Phi) is 6.22. The van der Waals surface area contributed by atoms with Crippen molar-refractivity contribution >= 4 is 0 Å². The lowest BCUT2D eigenvalue weighted by Crippen LogP contribution is -2.36. The van der Waals surface area contributed by atoms with Gasteiger partial charge in [0.15, 0.2) is 5.82 Å². The van der Waals surface area contributed by atoms with Gasteiger partial charge in [-0.3, -0.25) is 4.90 Å². The van der Waals surface area contributed by atoms with Crippen molar-refractivity contribution in [3.63, 3.8) is 0 Å². The van der Waals surface area contributed by atoms with Gasteiger partial charge in [-0.1, -0.05) is 30.7 Å². The van der Waals surface area contributed by atoms with E-state index in [0.717, 1.165) is 61.4 Å². The average Bonchev–Trinajstić information content (AvgIpc) is 3.22. The fraction of sp³-hybridized carbons (Fsp3) is 0.409. The Morgan fingerprint density at radius 2 is 1.65 bits per heavy atom. The van der Waals surface area contributed by atoms with Crippen molar-refractivity contribution in [1.29, 1.82) is 0 Å². The maximum Gasteiger partial charge on any atom is 0.416 e. The maximum absolute atomic E-state index is 13.1. The first-order valence-electron chi connectivity index (χ1n) is 10.3. The van der Waals surface area contributed by atoms with Crippen molar-refractivity contribution in [3.8, 4) is 5.75 Å². The normalized spacial score (nSPS) is 16.3. The summed E-state index contributed by atoms with van der Waals surface area (Å²) in [5, 5.41) is 12.3. The van der Waals surface area contributed by atoms with Crippen LogP contribution in [0.3, 0.4) is 0 Å². The van der Waals surface area contributed by atoms with Gasteiger partial charge in [-0.25, -0.2) is 4.68 Å². The molecule has 0 radical (unpaired) electrons. The number of aromatic nitrogens is 4. The molecule has 1 aliphatic rings. The van der Waals surface area contributed by atoms with Gasteiger partial charge in [0, 0.05) is 0 Å². The Hall–Kier alpha value is -2.94. The third-order valence-corrected chi connectivity index (χ3v) is 5.61. The minimum absolute atomic E-state index is 0.309. The molecule has 0 N–H and O–H groups in total. The van der Waals surface area contributed by atoms with E-state index in [9.17, 15) is 13.2 Å². The highest BCUT2D eigenvalue weighted by Gasteiger charge is 2.32. The summed E-state index contributed by atoms with van der Waals surface area (Å²) >= 11 is 0. The van der Waals surface area contributed by atoms with E-state index in [1.807, 2.05) is 24.3 Å². The SMILES string of the molecule is COc1ccc(Cn2nnnc2C(c2ccc(C(F)(F)F)cc2)N2CCCCC2)cc1. The van der Waals surface area contributed by atoms with Gasteiger partial charge in [0.2, 0.25) is 0 Å². The summed E-state index contributed by atoms with van der Waals surface area (Å²) in [6.45, 7) is 2.15. The molecule has 2 aromatic carbocycles. The lowest BCUT2D eigenvalue weighted by Gasteiger charge is -2.34. The zero-order chi connectivity index (χ0) is 21.8. The number of rotatable bonds is 6. The van der Waals surface area contributed by atoms with Crippen LogP contribution in [0, 0.1) is 0 Å². The summed E-state index contributed by atoms with van der Waals surface area (Å²) in [6, 6.07) is 12.7. The first kappa shape index (κ1) is 21.3. The summed E-state index contributed by atoms with van der Waals surface area (Å²) in [7, 11) is 1.61. The molecule has 0 spiro atoms. The third kappa shape index (κ3) is 4.87. The van der Waals surface area contributed by atoms with Crippen LogP contribution in [-0.4, -0.2) is 45.3 Å². The molecular formula is C22H24F3N5O. The van der Waals surface area contributed by atoms with Crippen LogP contribution in [0.2, 0.25) is 0 Å². The number of alkyl halides is 3. The zero-order valence-electron chi connectivity index (χ0n) is 17.2. The van der Waals surface area contributed by atoms with Gasteiger partial charge >= 0.3 is 6.18 Å². The molecule has 3 aromatic rings. The number of methoxy groups -OCH3 is 1. The molecule has 9 heteroatoms. The van der Waals surface area contributed by atoms with E-state index in [-0.39, 0.29) is 6.04 Å². The highest BCUT2D eigenvalue weighted by Crippen LogP contribution is 2.33. The number of halogens is 3. The smallest absolute Gasteiger partial charge is 0.416 e. The summed E-state index contributed by atoms with van der Waals surface area (Å²) in [5.41, 5.74) is 1.09. The topological polar surface area (TPSA) is 56.1 Å². The monoisotopic (exact) mass is 431 g/mol. The molecule has 2 heterocycles. The molecule has 6 nitrogen and oxygen atoms in total. The third-order valence-electron chi connectivity index (χ3n) is 5.61. The molecular weight excluding hydrogens is 407 g/mol. The quantitative estimate of drug-likeness (QED) is 0.582. The number of benzene rings is 2. The van der Waals surface area contributed by atoms with Gasteiger partial charge < -0.3 is 4.74 Å². The number of hydrogen-bond donors (Lipinski definition) is 0. The van der Waals surface area contributed by atoms with E-state index in [1.54, 1.807) is 11.8 Å². The fourth-order valence-electron chi connectivity index (χ4n) is 3.98. The average molecular weight is 431 g/mol. The summed E-state index contributed by atoms with van der Waals surface area (Å²) in [5.74, 6) is 1.38. The maximum atomic E-state index is 13.1. The van der Waals surface area contributed by atoms with Gasteiger partial charge in [-0.2, -0.15) is 13.2 Å². The molecule has 1 atom stereocenters. The number of hydrogen-bond acceptors (Lipinski definition) is 5. The van der Waals surface area contributed by atoms with Crippen LogP contribution in [0.1, 0.15) is 47.8 Å². The largest absolute Gasteiger partial charge is 0.497 e. The molecule has 164 valence electrons. The molecule has 1 aromatic heterocycles. The summed E-state index contributed by atoms with van der Waals surface area (Å²) < 4.78 is 46.1. The van der Waals surface area contributed by atoms with Gasteiger partial charge in [0.25, 0.3) is 0 Å². The second kappa shape index (κ2) is 9.05. The van der Waals surface area contributed by atoms with Gasteiger partial charge in [0.1, 0.15) is 5.75 Å². The van der Waals surface area contributed by atoms with Crippen molar-refractivity contribution in [2.24, 2.45) is 0 Å². The van der Waals surface area contributed by atoms with Crippen molar-refractivity contribution < 1.29 is 17.9 Å². The standard InChI is InChI=1S/C22H24F3N5O/c1-31-19-11-5-16(6-12-19)15-30-21(26-27-28-30)20(29-13-3-2-4-14-29)17-7-9-18(10-8-17)22(23,24)25/h5-12,20H,2-4,13-15H2,1H3. The van der Waals surface area contributed by atoms with Crippen LogP contribution in [0.25, 0.3) is 0 Å². The predicted octanol–water partition coefficient (Wildman–Crippen LogP) is 4.32. The molecule has 1 unspecified atom stereocenters. The molecule has 31 heavy (non-hydrogen) atoms. The zero-order valence-corrected chi connectivity index (χ0v) is 17.2. The van der Waals surface area contributed by atoms with Gasteiger partial charge in [-0.15, -0.1) is 5.10 Å². The first-order chi connectivity index (χ1) is 15.0. The molecule has 0 saturated carbocycles. The van der Waals surface area contributed by atoms with Gasteiger partial charge in [-0.05, 0) is 71.8 Å². The Morgan fingerprint density at radius 3 is 2.26 bits per heavy atom. The van der Waals surface area contributed by atoms with Crippen molar-refractivity contribution in [2.45, 2.75) is 38.0 Å². The molecule has 4 rings (SSSR count). The van der Waals surface area contributed by atoms with Crippen molar-refractivity contribution in [2.75, 3.05) is 20.2 Å². The van der Waals surface area contributed by atoms with Crippen LogP contribution >= 0.6 is 0 Å². The Bertz CT molecular complexity index is 980. The lowest BCUT2D eigenvalue weighted by atomic mass is 9.99. The summed E-state index contributed by atoms with van der Waals surface area (Å²) in [4.78, 5) is 2.25. The Labute approximate surface area is 178 Å². The van der Waals surface area contributed by atoms with E-state index < -0.39 is 11.7 Å². The van der Waals surface area contributed by atoms with E-state index in [0.29, 0.717) is 12.4 Å². The highest BCUT2D eigenvalue weighted by molar-refractivity contribution is 5.31. The van der Waals surface area contributed by atoms with Crippen LogP contribution in [0.4, 0.5) is 13.2 Å². The Morgan fingerprint density at radius 1 is 0.968 bits per heavy atom. The molecule has 0 amide bonds. The fourth-order valence-corrected chi connectivity index (χ4v) is 3.98. The lowest BCUT2D eigenvalue weighted by molar-refractivity contribution is -0.137. The number of likely N-dealkylation sites (tertiary alicyclic amines) is 1. The molecule has 0 bridgehead atoms. The number of ether oxygens (including phenoxy) is 1. The van der Waals surface area contributed by atoms with Crippen LogP contribution in [0.15, 0.2) is 48.5 Å². The number of nitrogens with zero attached hydrogens (tertiary/aromatic N) is 5. The van der Waals surface area contributed by atoms with Gasteiger partial charge in [0.05, 0.1) is 25.3 Å². The number of tetrazole rings is 1. The van der Waals surface area contributed by atoms with E-state index in [4.69, 9.17) is 4.74 Å². The van der Waals surface area contributed by atoms with Crippen LogP contribution in [-0.2, 0) is 12.7 Å². The van der Waals surface area contributed by atoms with Crippen molar-refractivity contribution in [1.82, 2.24) is 25.1 Å². The molecule has 1 fully saturated rings. The van der Waals surface area contributed by atoms with Crippen LogP contribution in [0.5, 0.6) is 5.75 Å². The minimum Gasteiger partial charge on any atom is -0.497 e. The molecule has 0 aliphatic carbocycles. The highest BCUT2D eigenvalue weighted by atomic mass is 19.4. The van der Waals surface area contributed by atoms with Crippen LogP contribution < -0.4 is 4.74 Å². The van der Waals surface area contributed by atoms with Crippen molar-refractivity contribution in [3.05, 3.63) is 71.0 Å². The molecule has 1 saturated heterocycles. The summed E-state index contributed by atoms with van der Waals surface area (Å²) in [6.07, 6.45) is -1.14. The van der Waals surface area contributed by atoms with E-state index >= 15 is 0 Å². The minimum atomic E-state index is -4.37. The number of piperidine rings is 1. The van der Waals surface area contributed by atoms with E-state index in [2.05, 4.69) is 20.4 Å². The first-order valence-corrected chi connectivity index (χ1v) is 10.3. The second-order valence-corrected chi connectivity index (χ2v) is 7.66. The van der Waals surface area contributed by atoms with E-state index in [1.165, 1.54) is 12.1 Å². The second-order valence-electron chi connectivity index (χ2n) is 7.66.